The van der Waals surface area contributed by atoms with Crippen molar-refractivity contribution in [3.63, 3.8) is 0 Å². The molecule has 3 aromatic rings. The summed E-state index contributed by atoms with van der Waals surface area (Å²) in [6, 6.07) is 5.98. The maximum Gasteiger partial charge on any atom is 0.244 e. The number of hydrogen-bond acceptors (Lipinski definition) is 4. The zero-order chi connectivity index (χ0) is 17.4. The molecular formula is C18H22N6O. The fraction of sp³-hybridized carbons (Fsp3) is 0.444. The van der Waals surface area contributed by atoms with Crippen molar-refractivity contribution in [2.45, 2.75) is 39.2 Å². The molecule has 1 saturated heterocycles. The number of carbonyl (C=O) groups excluding carboxylic acids is 1. The van der Waals surface area contributed by atoms with E-state index < -0.39 is 0 Å². The van der Waals surface area contributed by atoms with Gasteiger partial charge >= 0.3 is 0 Å². The second kappa shape index (κ2) is 6.31. The molecule has 1 amide bonds. The fourth-order valence-corrected chi connectivity index (χ4v) is 3.53. The molecule has 0 saturated carbocycles. The Hall–Kier alpha value is -2.70. The Morgan fingerprint density at radius 2 is 2.04 bits per heavy atom. The lowest BCUT2D eigenvalue weighted by molar-refractivity contribution is -0.133. The highest BCUT2D eigenvalue weighted by atomic mass is 16.2. The molecule has 25 heavy (non-hydrogen) atoms. The van der Waals surface area contributed by atoms with Gasteiger partial charge in [0.05, 0.1) is 5.69 Å². The second-order valence-electron chi connectivity index (χ2n) is 6.74. The van der Waals surface area contributed by atoms with E-state index in [0.717, 1.165) is 48.7 Å². The molecule has 0 unspecified atom stereocenters. The largest absolute Gasteiger partial charge is 0.341 e. The number of hydrogen-bond donors (Lipinski definition) is 0. The van der Waals surface area contributed by atoms with Gasteiger partial charge in [-0.2, -0.15) is 10.2 Å². The number of rotatable bonds is 3. The van der Waals surface area contributed by atoms with Gasteiger partial charge in [-0.1, -0.05) is 0 Å². The summed E-state index contributed by atoms with van der Waals surface area (Å²) in [4.78, 5) is 19.1. The van der Waals surface area contributed by atoms with Crippen LogP contribution >= 0.6 is 0 Å². The summed E-state index contributed by atoms with van der Waals surface area (Å²) in [5.74, 6) is 0.529. The minimum absolute atomic E-state index is 0.133. The summed E-state index contributed by atoms with van der Waals surface area (Å²) < 4.78 is 3.57. The molecule has 0 aliphatic carbocycles. The van der Waals surface area contributed by atoms with E-state index in [2.05, 4.69) is 23.2 Å². The van der Waals surface area contributed by atoms with Crippen molar-refractivity contribution >= 4 is 11.6 Å². The van der Waals surface area contributed by atoms with Crippen molar-refractivity contribution in [1.29, 1.82) is 0 Å². The highest BCUT2D eigenvalue weighted by Gasteiger charge is 2.25. The molecule has 1 aliphatic heterocycles. The SMILES string of the molecule is Cc1cc2nc(C3CCN(C(=O)Cn4cccn4)CC3)cc(C)n2n1. The molecule has 7 nitrogen and oxygen atoms in total. The van der Waals surface area contributed by atoms with Crippen molar-refractivity contribution < 1.29 is 4.79 Å². The Kier molecular flexibility index (Phi) is 3.99. The number of aromatic nitrogens is 5. The van der Waals surface area contributed by atoms with Gasteiger partial charge in [-0.3, -0.25) is 9.48 Å². The Morgan fingerprint density at radius 1 is 1.24 bits per heavy atom. The van der Waals surface area contributed by atoms with Crippen LogP contribution in [0.25, 0.3) is 5.65 Å². The van der Waals surface area contributed by atoms with E-state index >= 15 is 0 Å². The molecule has 0 atom stereocenters. The summed E-state index contributed by atoms with van der Waals surface area (Å²) >= 11 is 0. The molecule has 7 heteroatoms. The molecule has 0 N–H and O–H groups in total. The molecular weight excluding hydrogens is 316 g/mol. The number of piperidine rings is 1. The maximum atomic E-state index is 12.4. The lowest BCUT2D eigenvalue weighted by Crippen LogP contribution is -2.40. The van der Waals surface area contributed by atoms with Crippen molar-refractivity contribution in [3.05, 3.63) is 47.7 Å². The van der Waals surface area contributed by atoms with Crippen molar-refractivity contribution in [2.75, 3.05) is 13.1 Å². The molecule has 1 aliphatic rings. The summed E-state index contributed by atoms with van der Waals surface area (Å²) in [5.41, 5.74) is 4.10. The Morgan fingerprint density at radius 3 is 2.76 bits per heavy atom. The van der Waals surface area contributed by atoms with Crippen LogP contribution in [-0.4, -0.2) is 48.3 Å². The van der Waals surface area contributed by atoms with Crippen LogP contribution < -0.4 is 0 Å². The maximum absolute atomic E-state index is 12.4. The van der Waals surface area contributed by atoms with Crippen LogP contribution in [0, 0.1) is 13.8 Å². The standard InChI is InChI=1S/C18H22N6O/c1-13-10-17-20-16(11-14(2)24(17)21-13)15-4-8-22(9-5-15)18(25)12-23-7-3-6-19-23/h3,6-7,10-11,15H,4-5,8-9,12H2,1-2H3. The van der Waals surface area contributed by atoms with Crippen molar-refractivity contribution in [2.24, 2.45) is 0 Å². The van der Waals surface area contributed by atoms with Gasteiger partial charge in [-0.15, -0.1) is 0 Å². The average molecular weight is 338 g/mol. The number of aryl methyl sites for hydroxylation is 2. The third-order valence-electron chi connectivity index (χ3n) is 4.87. The van der Waals surface area contributed by atoms with Gasteiger partial charge in [-0.25, -0.2) is 9.50 Å². The highest BCUT2D eigenvalue weighted by Crippen LogP contribution is 2.28. The smallest absolute Gasteiger partial charge is 0.244 e. The molecule has 0 aromatic carbocycles. The van der Waals surface area contributed by atoms with Gasteiger partial charge in [0.15, 0.2) is 5.65 Å². The van der Waals surface area contributed by atoms with E-state index in [0.29, 0.717) is 12.5 Å². The van der Waals surface area contributed by atoms with Crippen LogP contribution in [-0.2, 0) is 11.3 Å². The van der Waals surface area contributed by atoms with E-state index in [-0.39, 0.29) is 5.91 Å². The van der Waals surface area contributed by atoms with Crippen LogP contribution in [0.2, 0.25) is 0 Å². The van der Waals surface area contributed by atoms with E-state index in [9.17, 15) is 4.79 Å². The molecule has 1 fully saturated rings. The lowest BCUT2D eigenvalue weighted by atomic mass is 9.93. The molecule has 0 spiro atoms. The molecule has 4 heterocycles. The molecule has 3 aromatic heterocycles. The van der Waals surface area contributed by atoms with E-state index in [1.54, 1.807) is 10.9 Å². The van der Waals surface area contributed by atoms with Crippen LogP contribution in [0.4, 0.5) is 0 Å². The summed E-state index contributed by atoms with van der Waals surface area (Å²) in [6.07, 6.45) is 5.41. The van der Waals surface area contributed by atoms with Gasteiger partial charge in [0.25, 0.3) is 0 Å². The summed E-state index contributed by atoms with van der Waals surface area (Å²) in [7, 11) is 0. The van der Waals surface area contributed by atoms with Gasteiger partial charge in [0, 0.05) is 48.9 Å². The molecule has 0 bridgehead atoms. The van der Waals surface area contributed by atoms with Gasteiger partial charge in [0.1, 0.15) is 6.54 Å². The minimum Gasteiger partial charge on any atom is -0.341 e. The number of amides is 1. The van der Waals surface area contributed by atoms with Crippen LogP contribution in [0.15, 0.2) is 30.6 Å². The molecule has 0 radical (unpaired) electrons. The Bertz CT molecular complexity index is 890. The first-order valence-electron chi connectivity index (χ1n) is 8.69. The second-order valence-corrected chi connectivity index (χ2v) is 6.74. The quantitative estimate of drug-likeness (QED) is 0.732. The van der Waals surface area contributed by atoms with Crippen molar-refractivity contribution in [1.82, 2.24) is 29.3 Å². The van der Waals surface area contributed by atoms with Crippen LogP contribution in [0.3, 0.4) is 0 Å². The average Bonchev–Trinajstić information content (AvgIpc) is 3.24. The number of nitrogens with zero attached hydrogens (tertiary/aromatic N) is 6. The van der Waals surface area contributed by atoms with Gasteiger partial charge in [0.2, 0.25) is 5.91 Å². The van der Waals surface area contributed by atoms with Gasteiger partial charge < -0.3 is 4.90 Å². The Balaban J connectivity index is 1.44. The zero-order valence-electron chi connectivity index (χ0n) is 14.6. The van der Waals surface area contributed by atoms with Crippen LogP contribution in [0.1, 0.15) is 35.8 Å². The van der Waals surface area contributed by atoms with Crippen molar-refractivity contribution in [3.8, 4) is 0 Å². The van der Waals surface area contributed by atoms with E-state index in [4.69, 9.17) is 4.98 Å². The Labute approximate surface area is 146 Å². The highest BCUT2D eigenvalue weighted by molar-refractivity contribution is 5.76. The first-order valence-corrected chi connectivity index (χ1v) is 8.69. The summed E-state index contributed by atoms with van der Waals surface area (Å²) in [6.45, 7) is 5.91. The lowest BCUT2D eigenvalue weighted by Gasteiger charge is -2.32. The number of likely N-dealkylation sites (tertiary alicyclic amines) is 1. The van der Waals surface area contributed by atoms with E-state index in [1.165, 1.54) is 0 Å². The molecule has 130 valence electrons. The predicted molar refractivity (Wildman–Crippen MR) is 93.2 cm³/mol. The topological polar surface area (TPSA) is 68.3 Å². The van der Waals surface area contributed by atoms with E-state index in [1.807, 2.05) is 34.7 Å². The summed E-state index contributed by atoms with van der Waals surface area (Å²) in [5, 5.41) is 8.57. The minimum atomic E-state index is 0.133. The zero-order valence-corrected chi connectivity index (χ0v) is 14.6. The first-order chi connectivity index (χ1) is 12.1. The number of fused-ring (bicyclic) bond motifs is 1. The van der Waals surface area contributed by atoms with Crippen LogP contribution in [0.5, 0.6) is 0 Å². The third kappa shape index (κ3) is 3.14. The number of carbonyl (C=O) groups is 1. The first kappa shape index (κ1) is 15.8. The predicted octanol–water partition coefficient (Wildman–Crippen LogP) is 1.95. The van der Waals surface area contributed by atoms with Gasteiger partial charge in [-0.05, 0) is 38.8 Å². The monoisotopic (exact) mass is 338 g/mol. The fourth-order valence-electron chi connectivity index (χ4n) is 3.53. The third-order valence-corrected chi connectivity index (χ3v) is 4.87. The normalized spacial score (nSPS) is 15.8. The molecule has 4 rings (SSSR count).